The second-order valence-electron chi connectivity index (χ2n) is 4.33. The summed E-state index contributed by atoms with van der Waals surface area (Å²) in [6.45, 7) is 0. The molecule has 0 aromatic heterocycles. The van der Waals surface area contributed by atoms with Crippen LogP contribution in [0.1, 0.15) is 0 Å². The van der Waals surface area contributed by atoms with E-state index in [-0.39, 0.29) is 29.7 Å². The van der Waals surface area contributed by atoms with E-state index >= 15 is 0 Å². The molecule has 2 nitrogen and oxygen atoms in total. The lowest BCUT2D eigenvalue weighted by atomic mass is 9.63. The molecule has 0 aliphatic carbocycles. The van der Waals surface area contributed by atoms with Crippen molar-refractivity contribution in [3.63, 3.8) is 0 Å². The Labute approximate surface area is 119 Å². The molecule has 2 aromatic carbocycles. The molecular formula is C14H11BF4O2. The van der Waals surface area contributed by atoms with Crippen molar-refractivity contribution in [1.29, 1.82) is 0 Å². The Morgan fingerprint density at radius 1 is 0.667 bits per heavy atom. The summed E-state index contributed by atoms with van der Waals surface area (Å²) in [5, 5.41) is 0. The van der Waals surface area contributed by atoms with Gasteiger partial charge in [0.25, 0.3) is 0 Å². The number of ether oxygens (including phenoxy) is 2. The minimum absolute atomic E-state index is 0.0285. The molecule has 2 rings (SSSR count). The monoisotopic (exact) mass is 298 g/mol. The van der Waals surface area contributed by atoms with Gasteiger partial charge in [-0.05, 0) is 23.1 Å². The molecule has 0 saturated heterocycles. The van der Waals surface area contributed by atoms with Crippen LogP contribution in [0.5, 0.6) is 11.5 Å². The van der Waals surface area contributed by atoms with E-state index in [0.717, 1.165) is 12.1 Å². The standard InChI is InChI=1S/C14H11BF4O2/c1-20-13-3-7(9(16)5-11(13)18)15-8-4-14(21-2)12(19)6-10(8)17/h3-6,15H,1-2H3. The van der Waals surface area contributed by atoms with Crippen LogP contribution in [0, 0.1) is 23.3 Å². The highest BCUT2D eigenvalue weighted by Crippen LogP contribution is 2.17. The number of methoxy groups -OCH3 is 2. The third kappa shape index (κ3) is 3.12. The Bertz CT molecular complexity index is 619. The first-order valence-corrected chi connectivity index (χ1v) is 6.00. The van der Waals surface area contributed by atoms with E-state index in [9.17, 15) is 17.6 Å². The van der Waals surface area contributed by atoms with Gasteiger partial charge in [0, 0.05) is 12.1 Å². The molecule has 0 radical (unpaired) electrons. The maximum absolute atomic E-state index is 13.7. The van der Waals surface area contributed by atoms with Crippen molar-refractivity contribution in [1.82, 2.24) is 0 Å². The van der Waals surface area contributed by atoms with Gasteiger partial charge in [-0.1, -0.05) is 0 Å². The van der Waals surface area contributed by atoms with Gasteiger partial charge in [-0.2, -0.15) is 0 Å². The van der Waals surface area contributed by atoms with E-state index < -0.39 is 23.3 Å². The number of benzene rings is 2. The predicted octanol–water partition coefficient (Wildman–Crippen LogP) is 1.65. The van der Waals surface area contributed by atoms with Crippen LogP contribution >= 0.6 is 0 Å². The molecule has 21 heavy (non-hydrogen) atoms. The molecule has 0 aliphatic heterocycles. The van der Waals surface area contributed by atoms with Crippen LogP contribution in [0.2, 0.25) is 0 Å². The van der Waals surface area contributed by atoms with Gasteiger partial charge in [-0.25, -0.2) is 17.6 Å². The quantitative estimate of drug-likeness (QED) is 0.631. The van der Waals surface area contributed by atoms with Crippen molar-refractivity contribution >= 4 is 18.2 Å². The van der Waals surface area contributed by atoms with Crippen molar-refractivity contribution in [2.45, 2.75) is 0 Å². The number of rotatable bonds is 4. The Hall–Kier alpha value is -2.18. The van der Waals surface area contributed by atoms with Crippen LogP contribution in [0.25, 0.3) is 0 Å². The second kappa shape index (κ2) is 6.07. The molecule has 0 fully saturated rings. The largest absolute Gasteiger partial charge is 0.494 e. The molecule has 0 atom stereocenters. The fourth-order valence-electron chi connectivity index (χ4n) is 1.93. The molecule has 0 amide bonds. The summed E-state index contributed by atoms with van der Waals surface area (Å²) >= 11 is 0. The van der Waals surface area contributed by atoms with Crippen LogP contribution in [-0.2, 0) is 0 Å². The smallest absolute Gasteiger partial charge is 0.200 e. The third-order valence-electron chi connectivity index (χ3n) is 3.02. The van der Waals surface area contributed by atoms with E-state index in [0.29, 0.717) is 12.1 Å². The van der Waals surface area contributed by atoms with E-state index in [4.69, 9.17) is 9.47 Å². The summed E-state index contributed by atoms with van der Waals surface area (Å²) in [5.41, 5.74) is 0.0571. The van der Waals surface area contributed by atoms with Crippen LogP contribution in [0.3, 0.4) is 0 Å². The maximum atomic E-state index is 13.7. The number of hydrogen-bond acceptors (Lipinski definition) is 2. The molecule has 0 saturated carbocycles. The molecule has 110 valence electrons. The number of halogens is 4. The van der Waals surface area contributed by atoms with Gasteiger partial charge in [0.2, 0.25) is 0 Å². The fourth-order valence-corrected chi connectivity index (χ4v) is 1.93. The lowest BCUT2D eigenvalue weighted by Crippen LogP contribution is -2.32. The van der Waals surface area contributed by atoms with Gasteiger partial charge in [0.05, 0.1) is 14.2 Å². The topological polar surface area (TPSA) is 18.5 Å². The van der Waals surface area contributed by atoms with Crippen molar-refractivity contribution in [2.24, 2.45) is 0 Å². The highest BCUT2D eigenvalue weighted by molar-refractivity contribution is 6.67. The number of hydrogen-bond donors (Lipinski definition) is 0. The van der Waals surface area contributed by atoms with E-state index in [1.807, 2.05) is 0 Å². The summed E-state index contributed by atoms with van der Waals surface area (Å²) in [4.78, 5) is 0. The lowest BCUT2D eigenvalue weighted by molar-refractivity contribution is 0.384. The van der Waals surface area contributed by atoms with Crippen molar-refractivity contribution in [2.75, 3.05) is 14.2 Å². The van der Waals surface area contributed by atoms with Crippen molar-refractivity contribution in [3.8, 4) is 11.5 Å². The molecule has 0 aliphatic rings. The SMILES string of the molecule is COc1cc(Bc2cc(OC)c(F)cc2F)c(F)cc1F. The van der Waals surface area contributed by atoms with Crippen molar-refractivity contribution < 1.29 is 27.0 Å². The van der Waals surface area contributed by atoms with Gasteiger partial charge in [0.1, 0.15) is 11.6 Å². The van der Waals surface area contributed by atoms with Gasteiger partial charge in [-0.3, -0.25) is 0 Å². The van der Waals surface area contributed by atoms with Crippen LogP contribution in [-0.4, -0.2) is 21.5 Å². The zero-order valence-electron chi connectivity index (χ0n) is 11.3. The maximum Gasteiger partial charge on any atom is 0.200 e. The molecule has 0 unspecified atom stereocenters. The zero-order chi connectivity index (χ0) is 15.6. The molecular weight excluding hydrogens is 287 g/mol. The second-order valence-corrected chi connectivity index (χ2v) is 4.33. The lowest BCUT2D eigenvalue weighted by Gasteiger charge is -2.09. The molecule has 7 heteroatoms. The van der Waals surface area contributed by atoms with Gasteiger partial charge in [0.15, 0.2) is 30.4 Å². The minimum Gasteiger partial charge on any atom is -0.494 e. The first-order valence-electron chi connectivity index (χ1n) is 6.00. The average molecular weight is 298 g/mol. The molecule has 2 aromatic rings. The Balaban J connectivity index is 2.42. The van der Waals surface area contributed by atoms with Gasteiger partial charge < -0.3 is 9.47 Å². The highest BCUT2D eigenvalue weighted by atomic mass is 19.1. The predicted molar refractivity (Wildman–Crippen MR) is 72.2 cm³/mol. The summed E-state index contributed by atoms with van der Waals surface area (Å²) in [6, 6.07) is 3.60. The Morgan fingerprint density at radius 2 is 1.05 bits per heavy atom. The fraction of sp³-hybridized carbons (Fsp3) is 0.143. The first-order chi connectivity index (χ1) is 9.96. The highest BCUT2D eigenvalue weighted by Gasteiger charge is 2.16. The first kappa shape index (κ1) is 15.2. The molecule has 0 heterocycles. The zero-order valence-corrected chi connectivity index (χ0v) is 11.3. The molecule has 0 bridgehead atoms. The van der Waals surface area contributed by atoms with Crippen molar-refractivity contribution in [3.05, 3.63) is 47.5 Å². The van der Waals surface area contributed by atoms with E-state index in [1.54, 1.807) is 0 Å². The van der Waals surface area contributed by atoms with Crippen LogP contribution in [0.4, 0.5) is 17.6 Å². The van der Waals surface area contributed by atoms with Crippen LogP contribution in [0.15, 0.2) is 24.3 Å². The molecule has 0 N–H and O–H groups in total. The minimum atomic E-state index is -0.851. The summed E-state index contributed by atoms with van der Waals surface area (Å²) in [7, 11) is 2.29. The summed E-state index contributed by atoms with van der Waals surface area (Å²) in [6.07, 6.45) is 0. The molecule has 0 spiro atoms. The van der Waals surface area contributed by atoms with E-state index in [1.165, 1.54) is 14.2 Å². The summed E-state index contributed by atoms with van der Waals surface area (Å²) < 4.78 is 63.6. The normalized spacial score (nSPS) is 10.4. The Morgan fingerprint density at radius 3 is 1.38 bits per heavy atom. The Kier molecular flexibility index (Phi) is 4.40. The van der Waals surface area contributed by atoms with E-state index in [2.05, 4.69) is 0 Å². The average Bonchev–Trinajstić information content (AvgIpc) is 2.44. The van der Waals surface area contributed by atoms with Crippen LogP contribution < -0.4 is 20.4 Å². The van der Waals surface area contributed by atoms with Gasteiger partial charge in [-0.15, -0.1) is 0 Å². The van der Waals surface area contributed by atoms with Gasteiger partial charge >= 0.3 is 0 Å². The summed E-state index contributed by atoms with van der Waals surface area (Å²) in [5.74, 6) is -3.68. The third-order valence-corrected chi connectivity index (χ3v) is 3.02.